The number of amides is 1. The zero-order valence-corrected chi connectivity index (χ0v) is 10.8. The van der Waals surface area contributed by atoms with Crippen molar-refractivity contribution in [3.63, 3.8) is 0 Å². The van der Waals surface area contributed by atoms with Gasteiger partial charge in [-0.15, -0.1) is 0 Å². The van der Waals surface area contributed by atoms with Crippen LogP contribution in [-0.4, -0.2) is 34.6 Å². The molecule has 1 fully saturated rings. The van der Waals surface area contributed by atoms with Crippen LogP contribution in [0.1, 0.15) is 46.5 Å². The SMILES string of the molecule is CC(C)(CC(=O)O)NC(=O)C1(C)CCCCN1. The van der Waals surface area contributed by atoms with Crippen molar-refractivity contribution in [1.82, 2.24) is 10.6 Å². The van der Waals surface area contributed by atoms with Crippen LogP contribution in [0.4, 0.5) is 0 Å². The Morgan fingerprint density at radius 3 is 2.53 bits per heavy atom. The van der Waals surface area contributed by atoms with E-state index in [-0.39, 0.29) is 12.3 Å². The molecule has 17 heavy (non-hydrogen) atoms. The van der Waals surface area contributed by atoms with Gasteiger partial charge in [-0.1, -0.05) is 0 Å². The van der Waals surface area contributed by atoms with Gasteiger partial charge < -0.3 is 15.7 Å². The molecule has 1 atom stereocenters. The highest BCUT2D eigenvalue weighted by Crippen LogP contribution is 2.20. The van der Waals surface area contributed by atoms with Gasteiger partial charge in [0.1, 0.15) is 0 Å². The molecule has 0 aliphatic carbocycles. The molecule has 0 saturated carbocycles. The van der Waals surface area contributed by atoms with Crippen LogP contribution in [-0.2, 0) is 9.59 Å². The lowest BCUT2D eigenvalue weighted by atomic mass is 9.88. The Morgan fingerprint density at radius 2 is 2.06 bits per heavy atom. The van der Waals surface area contributed by atoms with Crippen molar-refractivity contribution in [2.24, 2.45) is 0 Å². The highest BCUT2D eigenvalue weighted by Gasteiger charge is 2.37. The Balaban J connectivity index is 2.61. The number of carboxylic acids is 1. The molecule has 1 aliphatic heterocycles. The maximum Gasteiger partial charge on any atom is 0.305 e. The molecule has 1 aliphatic rings. The topological polar surface area (TPSA) is 78.4 Å². The van der Waals surface area contributed by atoms with Crippen LogP contribution >= 0.6 is 0 Å². The number of aliphatic carboxylic acids is 1. The number of piperidine rings is 1. The molecule has 1 rings (SSSR count). The summed E-state index contributed by atoms with van der Waals surface area (Å²) in [5.74, 6) is -1.01. The van der Waals surface area contributed by atoms with Crippen LogP contribution in [0.5, 0.6) is 0 Å². The van der Waals surface area contributed by atoms with Gasteiger partial charge in [-0.05, 0) is 46.6 Å². The number of carbonyl (C=O) groups is 2. The van der Waals surface area contributed by atoms with E-state index in [1.165, 1.54) is 0 Å². The smallest absolute Gasteiger partial charge is 0.305 e. The monoisotopic (exact) mass is 242 g/mol. The lowest BCUT2D eigenvalue weighted by Gasteiger charge is -2.36. The summed E-state index contributed by atoms with van der Waals surface area (Å²) >= 11 is 0. The average Bonchev–Trinajstić information content (AvgIpc) is 2.15. The molecule has 1 heterocycles. The summed E-state index contributed by atoms with van der Waals surface area (Å²) < 4.78 is 0. The maximum absolute atomic E-state index is 12.2. The van der Waals surface area contributed by atoms with Crippen molar-refractivity contribution in [3.8, 4) is 0 Å². The minimum atomic E-state index is -0.906. The molecule has 0 spiro atoms. The summed E-state index contributed by atoms with van der Waals surface area (Å²) in [6, 6.07) is 0. The Hall–Kier alpha value is -1.10. The van der Waals surface area contributed by atoms with Crippen molar-refractivity contribution in [3.05, 3.63) is 0 Å². The van der Waals surface area contributed by atoms with E-state index in [1.54, 1.807) is 13.8 Å². The minimum absolute atomic E-state index is 0.0746. The second-order valence-electron chi connectivity index (χ2n) is 5.62. The van der Waals surface area contributed by atoms with Crippen LogP contribution in [0.3, 0.4) is 0 Å². The van der Waals surface area contributed by atoms with Gasteiger partial charge in [-0.3, -0.25) is 9.59 Å². The third kappa shape index (κ3) is 4.00. The summed E-state index contributed by atoms with van der Waals surface area (Å²) in [4.78, 5) is 22.8. The van der Waals surface area contributed by atoms with Gasteiger partial charge in [0.15, 0.2) is 0 Å². The Kier molecular flexibility index (Phi) is 4.14. The fourth-order valence-corrected chi connectivity index (χ4v) is 2.12. The quantitative estimate of drug-likeness (QED) is 0.684. The fourth-order valence-electron chi connectivity index (χ4n) is 2.12. The van der Waals surface area contributed by atoms with Gasteiger partial charge in [0, 0.05) is 5.54 Å². The first-order chi connectivity index (χ1) is 7.75. The van der Waals surface area contributed by atoms with Crippen LogP contribution < -0.4 is 10.6 Å². The highest BCUT2D eigenvalue weighted by molar-refractivity contribution is 5.87. The lowest BCUT2D eigenvalue weighted by Crippen LogP contribution is -2.61. The van der Waals surface area contributed by atoms with Gasteiger partial charge >= 0.3 is 5.97 Å². The van der Waals surface area contributed by atoms with Crippen LogP contribution in [0.25, 0.3) is 0 Å². The van der Waals surface area contributed by atoms with E-state index in [2.05, 4.69) is 10.6 Å². The zero-order valence-electron chi connectivity index (χ0n) is 10.8. The first kappa shape index (κ1) is 14.0. The standard InChI is InChI=1S/C12H22N2O3/c1-11(2,8-9(15)16)14-10(17)12(3)6-4-5-7-13-12/h13H,4-8H2,1-3H3,(H,14,17)(H,15,16). The molecule has 0 radical (unpaired) electrons. The van der Waals surface area contributed by atoms with Gasteiger partial charge in [-0.2, -0.15) is 0 Å². The molecule has 5 heteroatoms. The molecule has 0 aromatic heterocycles. The average molecular weight is 242 g/mol. The third-order valence-corrected chi connectivity index (χ3v) is 3.16. The molecule has 0 aromatic carbocycles. The Labute approximate surface area is 102 Å². The molecular weight excluding hydrogens is 220 g/mol. The van der Waals surface area contributed by atoms with Crippen molar-refractivity contribution < 1.29 is 14.7 Å². The largest absolute Gasteiger partial charge is 0.481 e. The second kappa shape index (κ2) is 5.04. The molecule has 1 unspecified atom stereocenters. The Bertz CT molecular complexity index is 307. The van der Waals surface area contributed by atoms with E-state index in [4.69, 9.17) is 5.11 Å². The van der Waals surface area contributed by atoms with Gasteiger partial charge in [0.2, 0.25) is 5.91 Å². The summed E-state index contributed by atoms with van der Waals surface area (Å²) in [6.45, 7) is 6.16. The minimum Gasteiger partial charge on any atom is -0.481 e. The van der Waals surface area contributed by atoms with Crippen molar-refractivity contribution in [1.29, 1.82) is 0 Å². The van der Waals surface area contributed by atoms with Gasteiger partial charge in [0.25, 0.3) is 0 Å². The number of hydrogen-bond acceptors (Lipinski definition) is 3. The van der Waals surface area contributed by atoms with Crippen LogP contribution in [0.2, 0.25) is 0 Å². The lowest BCUT2D eigenvalue weighted by molar-refractivity contribution is -0.139. The number of hydrogen-bond donors (Lipinski definition) is 3. The number of nitrogens with one attached hydrogen (secondary N) is 2. The maximum atomic E-state index is 12.2. The number of carbonyl (C=O) groups excluding carboxylic acids is 1. The number of rotatable bonds is 4. The molecular formula is C12H22N2O3. The van der Waals surface area contributed by atoms with E-state index in [0.29, 0.717) is 0 Å². The second-order valence-corrected chi connectivity index (χ2v) is 5.62. The van der Waals surface area contributed by atoms with Gasteiger partial charge in [-0.25, -0.2) is 0 Å². The Morgan fingerprint density at radius 1 is 1.41 bits per heavy atom. The van der Waals surface area contributed by atoms with Gasteiger partial charge in [0.05, 0.1) is 12.0 Å². The van der Waals surface area contributed by atoms with E-state index in [0.717, 1.165) is 25.8 Å². The normalized spacial score (nSPS) is 25.4. The summed E-state index contributed by atoms with van der Waals surface area (Å²) in [7, 11) is 0. The van der Waals surface area contributed by atoms with E-state index < -0.39 is 17.0 Å². The molecule has 1 saturated heterocycles. The van der Waals surface area contributed by atoms with Crippen LogP contribution in [0.15, 0.2) is 0 Å². The molecule has 5 nitrogen and oxygen atoms in total. The third-order valence-electron chi connectivity index (χ3n) is 3.16. The predicted octanol–water partition coefficient (Wildman–Crippen LogP) is 0.888. The molecule has 0 aromatic rings. The summed E-state index contributed by atoms with van der Waals surface area (Å²) in [5, 5.41) is 14.8. The van der Waals surface area contributed by atoms with Crippen LogP contribution in [0, 0.1) is 0 Å². The molecule has 98 valence electrons. The fraction of sp³-hybridized carbons (Fsp3) is 0.833. The van der Waals surface area contributed by atoms with E-state index >= 15 is 0 Å². The van der Waals surface area contributed by atoms with E-state index in [9.17, 15) is 9.59 Å². The van der Waals surface area contributed by atoms with Crippen molar-refractivity contribution in [2.75, 3.05) is 6.54 Å². The zero-order chi connectivity index (χ0) is 13.1. The molecule has 3 N–H and O–H groups in total. The summed E-state index contributed by atoms with van der Waals surface area (Å²) in [5.41, 5.74) is -1.28. The van der Waals surface area contributed by atoms with Crippen molar-refractivity contribution >= 4 is 11.9 Å². The predicted molar refractivity (Wildman–Crippen MR) is 64.7 cm³/mol. The first-order valence-electron chi connectivity index (χ1n) is 6.05. The first-order valence-corrected chi connectivity index (χ1v) is 6.05. The van der Waals surface area contributed by atoms with Crippen molar-refractivity contribution in [2.45, 2.75) is 57.5 Å². The van der Waals surface area contributed by atoms with E-state index in [1.807, 2.05) is 6.92 Å². The number of carboxylic acid groups (broad SMARTS) is 1. The highest BCUT2D eigenvalue weighted by atomic mass is 16.4. The molecule has 0 bridgehead atoms. The molecule has 1 amide bonds. The summed E-state index contributed by atoms with van der Waals surface area (Å²) in [6.07, 6.45) is 2.83.